The van der Waals surface area contributed by atoms with Gasteiger partial charge in [-0.1, -0.05) is 6.07 Å². The zero-order valence-corrected chi connectivity index (χ0v) is 16.2. The number of rotatable bonds is 11. The number of ether oxygens (including phenoxy) is 2. The van der Waals surface area contributed by atoms with Crippen LogP contribution < -0.4 is 20.1 Å². The van der Waals surface area contributed by atoms with Gasteiger partial charge in [0.05, 0.1) is 7.11 Å². The fraction of sp³-hybridized carbons (Fsp3) is 0.368. The molecule has 0 bridgehead atoms. The van der Waals surface area contributed by atoms with E-state index in [-0.39, 0.29) is 23.3 Å². The molecule has 1 heterocycles. The fourth-order valence-corrected chi connectivity index (χ4v) is 3.08. The van der Waals surface area contributed by atoms with E-state index in [1.54, 1.807) is 23.6 Å². The minimum absolute atomic E-state index is 0.0326. The molecule has 2 aromatic rings. The average Bonchev–Trinajstić information content (AvgIpc) is 3.20. The first-order chi connectivity index (χ1) is 13.5. The van der Waals surface area contributed by atoms with Crippen molar-refractivity contribution >= 4 is 23.2 Å². The van der Waals surface area contributed by atoms with Crippen LogP contribution in [0, 0.1) is 0 Å². The van der Waals surface area contributed by atoms with E-state index >= 15 is 0 Å². The molecule has 152 valence electrons. The van der Waals surface area contributed by atoms with Crippen molar-refractivity contribution in [3.63, 3.8) is 0 Å². The van der Waals surface area contributed by atoms with Crippen LogP contribution in [0.25, 0.3) is 0 Å². The Morgan fingerprint density at radius 1 is 1.14 bits per heavy atom. The molecule has 0 fully saturated rings. The predicted octanol–water partition coefficient (Wildman–Crippen LogP) is 3.23. The number of amides is 2. The summed E-state index contributed by atoms with van der Waals surface area (Å²) in [6.07, 6.45) is 1.36. The van der Waals surface area contributed by atoms with E-state index in [0.717, 1.165) is 5.56 Å². The quantitative estimate of drug-likeness (QED) is 0.556. The minimum atomic E-state index is -2.92. The fourth-order valence-electron chi connectivity index (χ4n) is 2.44. The van der Waals surface area contributed by atoms with Gasteiger partial charge < -0.3 is 20.1 Å². The molecule has 9 heteroatoms. The van der Waals surface area contributed by atoms with Crippen LogP contribution in [0.2, 0.25) is 0 Å². The van der Waals surface area contributed by atoms with Gasteiger partial charge in [0, 0.05) is 30.5 Å². The van der Waals surface area contributed by atoms with Gasteiger partial charge in [-0.2, -0.15) is 20.1 Å². The third-order valence-electron chi connectivity index (χ3n) is 3.83. The highest BCUT2D eigenvalue weighted by atomic mass is 32.1. The summed E-state index contributed by atoms with van der Waals surface area (Å²) in [5, 5.41) is 9.15. The zero-order valence-electron chi connectivity index (χ0n) is 15.4. The van der Waals surface area contributed by atoms with Gasteiger partial charge in [0.15, 0.2) is 11.5 Å². The molecule has 2 amide bonds. The normalized spacial score (nSPS) is 10.6. The number of carbonyl (C=O) groups excluding carboxylic acids is 2. The van der Waals surface area contributed by atoms with Crippen molar-refractivity contribution in [2.45, 2.75) is 25.9 Å². The summed E-state index contributed by atoms with van der Waals surface area (Å²) in [6.45, 7) is -2.10. The SMILES string of the molecule is COc1cc(CCNC(=O)CCCNC(=O)c2ccsc2)ccc1OC(F)F. The van der Waals surface area contributed by atoms with E-state index in [1.165, 1.54) is 24.5 Å². The van der Waals surface area contributed by atoms with Gasteiger partial charge in [0.25, 0.3) is 5.91 Å². The molecule has 28 heavy (non-hydrogen) atoms. The molecular weight excluding hydrogens is 390 g/mol. The van der Waals surface area contributed by atoms with Crippen molar-refractivity contribution in [2.24, 2.45) is 0 Å². The van der Waals surface area contributed by atoms with Gasteiger partial charge >= 0.3 is 6.61 Å². The van der Waals surface area contributed by atoms with Crippen molar-refractivity contribution in [2.75, 3.05) is 20.2 Å². The molecule has 6 nitrogen and oxygen atoms in total. The highest BCUT2D eigenvalue weighted by Gasteiger charge is 2.11. The first-order valence-electron chi connectivity index (χ1n) is 8.68. The number of halogens is 2. The summed E-state index contributed by atoms with van der Waals surface area (Å²) in [5.41, 5.74) is 1.44. The molecule has 0 saturated carbocycles. The number of nitrogens with one attached hydrogen (secondary N) is 2. The van der Waals surface area contributed by atoms with E-state index < -0.39 is 6.61 Å². The van der Waals surface area contributed by atoms with Crippen molar-refractivity contribution in [1.29, 1.82) is 0 Å². The Balaban J connectivity index is 1.65. The molecule has 0 radical (unpaired) electrons. The number of carbonyl (C=O) groups is 2. The third-order valence-corrected chi connectivity index (χ3v) is 4.51. The predicted molar refractivity (Wildman–Crippen MR) is 102 cm³/mol. The second kappa shape index (κ2) is 11.2. The number of hydrogen-bond donors (Lipinski definition) is 2. The summed E-state index contributed by atoms with van der Waals surface area (Å²) >= 11 is 1.45. The summed E-state index contributed by atoms with van der Waals surface area (Å²) in [5.74, 6) is -0.0791. The monoisotopic (exact) mass is 412 g/mol. The smallest absolute Gasteiger partial charge is 0.387 e. The first kappa shape index (κ1) is 21.6. The van der Waals surface area contributed by atoms with E-state index in [2.05, 4.69) is 15.4 Å². The Bertz CT molecular complexity index is 769. The van der Waals surface area contributed by atoms with Crippen molar-refractivity contribution in [1.82, 2.24) is 10.6 Å². The summed E-state index contributed by atoms with van der Waals surface area (Å²) < 4.78 is 34.1. The van der Waals surface area contributed by atoms with E-state index in [9.17, 15) is 18.4 Å². The Labute approximate surface area is 165 Å². The van der Waals surface area contributed by atoms with Crippen molar-refractivity contribution in [3.8, 4) is 11.5 Å². The lowest BCUT2D eigenvalue weighted by atomic mass is 10.1. The molecule has 0 atom stereocenters. The van der Waals surface area contributed by atoms with Gasteiger partial charge in [0.1, 0.15) is 0 Å². The Morgan fingerprint density at radius 2 is 1.96 bits per heavy atom. The molecule has 0 aliphatic rings. The summed E-state index contributed by atoms with van der Waals surface area (Å²) in [4.78, 5) is 23.6. The van der Waals surface area contributed by atoms with Crippen LogP contribution in [0.1, 0.15) is 28.8 Å². The van der Waals surface area contributed by atoms with Gasteiger partial charge in [-0.3, -0.25) is 9.59 Å². The van der Waals surface area contributed by atoms with Crippen LogP contribution in [0.3, 0.4) is 0 Å². The molecule has 2 rings (SSSR count). The molecule has 1 aromatic heterocycles. The second-order valence-electron chi connectivity index (χ2n) is 5.84. The topological polar surface area (TPSA) is 76.7 Å². The average molecular weight is 412 g/mol. The van der Waals surface area contributed by atoms with Gasteiger partial charge in [-0.15, -0.1) is 0 Å². The minimum Gasteiger partial charge on any atom is -0.493 e. The lowest BCUT2D eigenvalue weighted by molar-refractivity contribution is -0.121. The molecule has 1 aromatic carbocycles. The second-order valence-corrected chi connectivity index (χ2v) is 6.62. The highest BCUT2D eigenvalue weighted by molar-refractivity contribution is 7.08. The summed E-state index contributed by atoms with van der Waals surface area (Å²) in [6, 6.07) is 6.41. The molecular formula is C19H22F2N2O4S. The third kappa shape index (κ3) is 7.15. The van der Waals surface area contributed by atoms with Gasteiger partial charge in [0.2, 0.25) is 5.91 Å². The standard InChI is InChI=1S/C19H22F2N2O4S/c1-26-16-11-13(4-5-15(16)27-19(20)21)6-9-22-17(24)3-2-8-23-18(25)14-7-10-28-12-14/h4-5,7,10-12,19H,2-3,6,8-9H2,1H3,(H,22,24)(H,23,25). The molecule has 0 spiro atoms. The van der Waals surface area contributed by atoms with E-state index in [0.29, 0.717) is 37.9 Å². The highest BCUT2D eigenvalue weighted by Crippen LogP contribution is 2.29. The molecule has 0 saturated heterocycles. The maximum Gasteiger partial charge on any atom is 0.387 e. The Hall–Kier alpha value is -2.68. The molecule has 0 aliphatic heterocycles. The van der Waals surface area contributed by atoms with Gasteiger partial charge in [-0.05, 0) is 42.0 Å². The van der Waals surface area contributed by atoms with Crippen LogP contribution in [-0.2, 0) is 11.2 Å². The lowest BCUT2D eigenvalue weighted by Crippen LogP contribution is -2.28. The molecule has 2 N–H and O–H groups in total. The van der Waals surface area contributed by atoms with Crippen LogP contribution in [-0.4, -0.2) is 38.6 Å². The maximum atomic E-state index is 12.3. The lowest BCUT2D eigenvalue weighted by Gasteiger charge is -2.11. The van der Waals surface area contributed by atoms with Crippen molar-refractivity contribution < 1.29 is 27.8 Å². The van der Waals surface area contributed by atoms with Gasteiger partial charge in [-0.25, -0.2) is 0 Å². The number of benzene rings is 1. The zero-order chi connectivity index (χ0) is 20.4. The van der Waals surface area contributed by atoms with Crippen molar-refractivity contribution in [3.05, 3.63) is 46.2 Å². The maximum absolute atomic E-state index is 12.3. The molecule has 0 unspecified atom stereocenters. The van der Waals surface area contributed by atoms with Crippen LogP contribution in [0.5, 0.6) is 11.5 Å². The number of alkyl halides is 2. The molecule has 0 aliphatic carbocycles. The largest absolute Gasteiger partial charge is 0.493 e. The Kier molecular flexibility index (Phi) is 8.67. The Morgan fingerprint density at radius 3 is 2.64 bits per heavy atom. The van der Waals surface area contributed by atoms with Crippen LogP contribution >= 0.6 is 11.3 Å². The van der Waals surface area contributed by atoms with Crippen LogP contribution in [0.4, 0.5) is 8.78 Å². The number of methoxy groups -OCH3 is 1. The van der Waals surface area contributed by atoms with E-state index in [1.807, 2.05) is 5.38 Å². The summed E-state index contributed by atoms with van der Waals surface area (Å²) in [7, 11) is 1.37. The number of hydrogen-bond acceptors (Lipinski definition) is 5. The number of thiophene rings is 1. The first-order valence-corrected chi connectivity index (χ1v) is 9.62. The van der Waals surface area contributed by atoms with Crippen LogP contribution in [0.15, 0.2) is 35.0 Å². The van der Waals surface area contributed by atoms with E-state index in [4.69, 9.17) is 4.74 Å².